The van der Waals surface area contributed by atoms with E-state index >= 15 is 0 Å². The molecule has 1 aromatic heterocycles. The molecule has 6 heteroatoms. The summed E-state index contributed by atoms with van der Waals surface area (Å²) in [5.41, 5.74) is 3.74. The summed E-state index contributed by atoms with van der Waals surface area (Å²) in [4.78, 5) is 0. The highest BCUT2D eigenvalue weighted by atomic mass is 35.5. The number of ether oxygens (including phenoxy) is 1. The number of nitrogens with two attached hydrogens (primary N) is 1. The molecular weight excluding hydrogens is 240 g/mol. The van der Waals surface area contributed by atoms with E-state index < -0.39 is 0 Å². The topological polar surface area (TPSA) is 65.1 Å². The van der Waals surface area contributed by atoms with Gasteiger partial charge >= 0.3 is 0 Å². The molecule has 3 N–H and O–H groups in total. The second kappa shape index (κ2) is 5.82. The molecule has 2 heterocycles. The second-order valence-corrected chi connectivity index (χ2v) is 4.65. The molecule has 1 saturated heterocycles. The van der Waals surface area contributed by atoms with Crippen molar-refractivity contribution in [2.45, 2.75) is 44.9 Å². The second-order valence-electron chi connectivity index (χ2n) is 4.24. The Morgan fingerprint density at radius 3 is 3.12 bits per heavy atom. The van der Waals surface area contributed by atoms with Gasteiger partial charge in [-0.15, -0.1) is 0 Å². The first kappa shape index (κ1) is 12.8. The monoisotopic (exact) mass is 258 g/mol. The van der Waals surface area contributed by atoms with E-state index in [4.69, 9.17) is 22.2 Å². The predicted octanol–water partition coefficient (Wildman–Crippen LogP) is 1.63. The minimum atomic E-state index is -0.0924. The Labute approximate surface area is 106 Å². The predicted molar refractivity (Wildman–Crippen MR) is 66.6 cm³/mol. The van der Waals surface area contributed by atoms with Gasteiger partial charge in [-0.1, -0.05) is 11.6 Å². The van der Waals surface area contributed by atoms with Crippen molar-refractivity contribution in [3.8, 4) is 0 Å². The number of rotatable bonds is 4. The van der Waals surface area contributed by atoms with Gasteiger partial charge in [-0.25, -0.2) is 5.43 Å². The Morgan fingerprint density at radius 2 is 2.53 bits per heavy atom. The summed E-state index contributed by atoms with van der Waals surface area (Å²) in [6, 6.07) is -0.0924. The van der Waals surface area contributed by atoms with Crippen LogP contribution in [-0.2, 0) is 11.3 Å². The molecule has 1 fully saturated rings. The van der Waals surface area contributed by atoms with Gasteiger partial charge in [0.2, 0.25) is 0 Å². The van der Waals surface area contributed by atoms with Crippen molar-refractivity contribution in [2.24, 2.45) is 5.84 Å². The highest BCUT2D eigenvalue weighted by molar-refractivity contribution is 6.31. The zero-order valence-corrected chi connectivity index (χ0v) is 10.8. The van der Waals surface area contributed by atoms with Gasteiger partial charge < -0.3 is 4.74 Å². The highest BCUT2D eigenvalue weighted by Gasteiger charge is 2.29. The number of aromatic nitrogens is 2. The number of hydrogen-bond acceptors (Lipinski definition) is 4. The highest BCUT2D eigenvalue weighted by Crippen LogP contribution is 2.30. The minimum absolute atomic E-state index is 0.0771. The van der Waals surface area contributed by atoms with Gasteiger partial charge in [-0.2, -0.15) is 5.10 Å². The van der Waals surface area contributed by atoms with Crippen molar-refractivity contribution >= 4 is 11.6 Å². The Hall–Kier alpha value is -0.620. The van der Waals surface area contributed by atoms with Crippen LogP contribution in [-0.4, -0.2) is 22.5 Å². The average molecular weight is 259 g/mol. The van der Waals surface area contributed by atoms with Gasteiger partial charge in [0.05, 0.1) is 29.1 Å². The number of nitrogens with zero attached hydrogens (tertiary/aromatic N) is 2. The van der Waals surface area contributed by atoms with E-state index in [0.717, 1.165) is 31.7 Å². The van der Waals surface area contributed by atoms with Crippen LogP contribution < -0.4 is 11.3 Å². The lowest BCUT2D eigenvalue weighted by Crippen LogP contribution is -2.40. The van der Waals surface area contributed by atoms with Crippen LogP contribution in [0.1, 0.15) is 37.9 Å². The summed E-state index contributed by atoms with van der Waals surface area (Å²) in [5.74, 6) is 5.66. The van der Waals surface area contributed by atoms with E-state index in [1.807, 2.05) is 11.6 Å². The third-order valence-electron chi connectivity index (χ3n) is 3.19. The van der Waals surface area contributed by atoms with Crippen LogP contribution in [0, 0.1) is 0 Å². The molecule has 0 aliphatic carbocycles. The van der Waals surface area contributed by atoms with Gasteiger partial charge in [0.25, 0.3) is 0 Å². The molecular formula is C11H19ClN4O. The van der Waals surface area contributed by atoms with E-state index in [9.17, 15) is 0 Å². The Kier molecular flexibility index (Phi) is 4.39. The molecule has 0 radical (unpaired) electrons. The number of hydrogen-bond donors (Lipinski definition) is 2. The maximum atomic E-state index is 6.18. The molecule has 2 unspecified atom stereocenters. The summed E-state index contributed by atoms with van der Waals surface area (Å²) in [7, 11) is 0. The van der Waals surface area contributed by atoms with Crippen LogP contribution in [0.2, 0.25) is 5.02 Å². The third kappa shape index (κ3) is 2.63. The zero-order valence-electron chi connectivity index (χ0n) is 10.0. The summed E-state index contributed by atoms with van der Waals surface area (Å²) in [5, 5.41) is 4.87. The molecule has 0 amide bonds. The molecule has 1 aliphatic rings. The fourth-order valence-corrected chi connectivity index (χ4v) is 2.58. The van der Waals surface area contributed by atoms with Gasteiger partial charge in [0.15, 0.2) is 0 Å². The number of halogens is 1. The van der Waals surface area contributed by atoms with Crippen LogP contribution in [0.25, 0.3) is 0 Å². The molecule has 17 heavy (non-hydrogen) atoms. The van der Waals surface area contributed by atoms with Crippen molar-refractivity contribution < 1.29 is 4.74 Å². The summed E-state index contributed by atoms with van der Waals surface area (Å²) in [6.07, 6.45) is 5.02. The van der Waals surface area contributed by atoms with Gasteiger partial charge in [-0.3, -0.25) is 10.5 Å². The van der Waals surface area contributed by atoms with Crippen LogP contribution >= 0.6 is 11.6 Å². The maximum absolute atomic E-state index is 6.18. The number of nitrogens with one attached hydrogen (secondary N) is 1. The van der Waals surface area contributed by atoms with Gasteiger partial charge in [0.1, 0.15) is 0 Å². The van der Waals surface area contributed by atoms with E-state index in [2.05, 4.69) is 10.5 Å². The number of hydrazine groups is 1. The molecule has 0 spiro atoms. The van der Waals surface area contributed by atoms with E-state index in [1.54, 1.807) is 6.20 Å². The molecule has 1 aromatic rings. The van der Waals surface area contributed by atoms with Gasteiger partial charge in [0, 0.05) is 13.2 Å². The molecule has 2 atom stereocenters. The van der Waals surface area contributed by atoms with Gasteiger partial charge in [-0.05, 0) is 26.2 Å². The fourth-order valence-electron chi connectivity index (χ4n) is 2.32. The lowest BCUT2D eigenvalue weighted by molar-refractivity contribution is -0.00999. The molecule has 5 nitrogen and oxygen atoms in total. The lowest BCUT2D eigenvalue weighted by atomic mass is 10.00. The first-order chi connectivity index (χ1) is 8.27. The average Bonchev–Trinajstić information content (AvgIpc) is 2.74. The quantitative estimate of drug-likeness (QED) is 0.636. The molecule has 0 aromatic carbocycles. The van der Waals surface area contributed by atoms with Crippen LogP contribution in [0.3, 0.4) is 0 Å². The smallest absolute Gasteiger partial charge is 0.0905 e. The number of aryl methyl sites for hydroxylation is 1. The van der Waals surface area contributed by atoms with Crippen molar-refractivity contribution in [1.29, 1.82) is 0 Å². The molecule has 2 rings (SSSR count). The summed E-state index contributed by atoms with van der Waals surface area (Å²) in [6.45, 7) is 3.59. The van der Waals surface area contributed by atoms with E-state index in [-0.39, 0.29) is 12.1 Å². The van der Waals surface area contributed by atoms with Crippen LogP contribution in [0.5, 0.6) is 0 Å². The van der Waals surface area contributed by atoms with E-state index in [1.165, 1.54) is 6.42 Å². The summed E-state index contributed by atoms with van der Waals surface area (Å²) < 4.78 is 7.63. The maximum Gasteiger partial charge on any atom is 0.0905 e. The molecule has 1 aliphatic heterocycles. The SMILES string of the molecule is CCn1ncc(Cl)c1C(NN)C1CCCCO1. The van der Waals surface area contributed by atoms with Crippen molar-refractivity contribution in [2.75, 3.05) is 6.61 Å². The van der Waals surface area contributed by atoms with Crippen molar-refractivity contribution in [1.82, 2.24) is 15.2 Å². The molecule has 96 valence electrons. The van der Waals surface area contributed by atoms with Crippen LogP contribution in [0.4, 0.5) is 0 Å². The molecule has 0 bridgehead atoms. The van der Waals surface area contributed by atoms with Crippen molar-refractivity contribution in [3.05, 3.63) is 16.9 Å². The van der Waals surface area contributed by atoms with Crippen LogP contribution in [0.15, 0.2) is 6.20 Å². The minimum Gasteiger partial charge on any atom is -0.376 e. The molecule has 0 saturated carbocycles. The lowest BCUT2D eigenvalue weighted by Gasteiger charge is -2.30. The fraction of sp³-hybridized carbons (Fsp3) is 0.727. The van der Waals surface area contributed by atoms with E-state index in [0.29, 0.717) is 5.02 Å². The first-order valence-electron chi connectivity index (χ1n) is 6.06. The Morgan fingerprint density at radius 1 is 1.71 bits per heavy atom. The van der Waals surface area contributed by atoms with Crippen molar-refractivity contribution in [3.63, 3.8) is 0 Å². The normalized spacial score (nSPS) is 22.6. The Bertz CT molecular complexity index is 362. The summed E-state index contributed by atoms with van der Waals surface area (Å²) >= 11 is 6.18. The Balaban J connectivity index is 2.23. The first-order valence-corrected chi connectivity index (χ1v) is 6.44. The third-order valence-corrected chi connectivity index (χ3v) is 3.48. The standard InChI is InChI=1S/C11H19ClN4O/c1-2-16-11(8(12)7-14-16)10(15-13)9-5-3-4-6-17-9/h7,9-10,15H,2-6,13H2,1H3. The largest absolute Gasteiger partial charge is 0.376 e. The zero-order chi connectivity index (χ0) is 12.3.